The molecule has 0 aliphatic carbocycles. The normalized spacial score (nSPS) is 20.8. The van der Waals surface area contributed by atoms with Crippen molar-refractivity contribution >= 4 is 11.0 Å². The van der Waals surface area contributed by atoms with Crippen molar-refractivity contribution in [3.63, 3.8) is 0 Å². The van der Waals surface area contributed by atoms with Crippen LogP contribution in [0, 0.1) is 6.92 Å². The third-order valence-electron chi connectivity index (χ3n) is 5.73. The second-order valence-electron chi connectivity index (χ2n) is 7.29. The Hall–Kier alpha value is -2.13. The summed E-state index contributed by atoms with van der Waals surface area (Å²) in [5, 5.41) is 0. The van der Waals surface area contributed by atoms with Gasteiger partial charge in [0.1, 0.15) is 5.82 Å². The molecular weight excluding hydrogens is 294 g/mol. The lowest BCUT2D eigenvalue weighted by Gasteiger charge is -2.21. The largest absolute Gasteiger partial charge is 0.326 e. The summed E-state index contributed by atoms with van der Waals surface area (Å²) in [6.45, 7) is 5.67. The summed E-state index contributed by atoms with van der Waals surface area (Å²) in [5.41, 5.74) is 6.28. The van der Waals surface area contributed by atoms with Gasteiger partial charge in [0.05, 0.1) is 11.0 Å². The molecule has 0 amide bonds. The van der Waals surface area contributed by atoms with Gasteiger partial charge in [-0.1, -0.05) is 35.9 Å². The summed E-state index contributed by atoms with van der Waals surface area (Å²) in [5.74, 6) is 1.26. The molecule has 2 aliphatic rings. The zero-order valence-corrected chi connectivity index (χ0v) is 14.2. The Morgan fingerprint density at radius 2 is 1.83 bits per heavy atom. The van der Waals surface area contributed by atoms with Crippen LogP contribution < -0.4 is 0 Å². The number of fused-ring (bicyclic) bond motifs is 4. The van der Waals surface area contributed by atoms with E-state index in [2.05, 4.69) is 58.9 Å². The summed E-state index contributed by atoms with van der Waals surface area (Å²) in [6.07, 6.45) is 3.76. The summed E-state index contributed by atoms with van der Waals surface area (Å²) >= 11 is 0. The maximum atomic E-state index is 4.98. The Kier molecular flexibility index (Phi) is 3.23. The van der Waals surface area contributed by atoms with Gasteiger partial charge in [0, 0.05) is 25.6 Å². The molecule has 3 nitrogen and oxygen atoms in total. The summed E-state index contributed by atoms with van der Waals surface area (Å²) in [6, 6.07) is 16.2. The molecular formula is C21H23N3. The lowest BCUT2D eigenvalue weighted by Crippen LogP contribution is -2.31. The van der Waals surface area contributed by atoms with Crippen LogP contribution in [0.2, 0.25) is 0 Å². The highest BCUT2D eigenvalue weighted by Gasteiger charge is 2.29. The molecule has 2 aromatic carbocycles. The second-order valence-corrected chi connectivity index (χ2v) is 7.29. The molecule has 3 aromatic rings. The first-order chi connectivity index (χ1) is 11.8. The maximum absolute atomic E-state index is 4.98. The monoisotopic (exact) mass is 317 g/mol. The van der Waals surface area contributed by atoms with E-state index in [0.29, 0.717) is 6.04 Å². The van der Waals surface area contributed by atoms with Crippen molar-refractivity contribution < 1.29 is 0 Å². The van der Waals surface area contributed by atoms with Crippen LogP contribution in [0.4, 0.5) is 0 Å². The molecule has 1 fully saturated rings. The van der Waals surface area contributed by atoms with Crippen LogP contribution in [-0.4, -0.2) is 33.6 Å². The van der Waals surface area contributed by atoms with Crippen molar-refractivity contribution in [3.8, 4) is 11.1 Å². The SMILES string of the molecule is Cc1ccc(-c2ccc3c(c2)nc2n3CC3CCCN3CC2)cc1. The molecule has 0 saturated carbocycles. The molecule has 1 aromatic heterocycles. The van der Waals surface area contributed by atoms with Gasteiger partial charge < -0.3 is 4.57 Å². The van der Waals surface area contributed by atoms with Crippen LogP contribution >= 0.6 is 0 Å². The molecule has 122 valence electrons. The number of hydrogen-bond acceptors (Lipinski definition) is 2. The van der Waals surface area contributed by atoms with E-state index in [9.17, 15) is 0 Å². The van der Waals surface area contributed by atoms with Gasteiger partial charge in [-0.15, -0.1) is 0 Å². The first-order valence-corrected chi connectivity index (χ1v) is 9.08. The van der Waals surface area contributed by atoms with E-state index < -0.39 is 0 Å². The highest BCUT2D eigenvalue weighted by molar-refractivity contribution is 5.82. The van der Waals surface area contributed by atoms with Crippen molar-refractivity contribution in [2.45, 2.75) is 38.8 Å². The van der Waals surface area contributed by atoms with Gasteiger partial charge in [-0.05, 0) is 49.6 Å². The van der Waals surface area contributed by atoms with Crippen LogP contribution in [0.25, 0.3) is 22.2 Å². The minimum atomic E-state index is 0.709. The number of rotatable bonds is 1. The van der Waals surface area contributed by atoms with Crippen LogP contribution in [0.5, 0.6) is 0 Å². The van der Waals surface area contributed by atoms with E-state index >= 15 is 0 Å². The molecule has 0 radical (unpaired) electrons. The molecule has 3 heterocycles. The van der Waals surface area contributed by atoms with Crippen molar-refractivity contribution in [3.05, 3.63) is 53.9 Å². The van der Waals surface area contributed by atoms with Gasteiger partial charge in [-0.2, -0.15) is 0 Å². The lowest BCUT2D eigenvalue weighted by molar-refractivity contribution is 0.252. The highest BCUT2D eigenvalue weighted by Crippen LogP contribution is 2.29. The Morgan fingerprint density at radius 1 is 1.00 bits per heavy atom. The number of hydrogen-bond donors (Lipinski definition) is 0. The van der Waals surface area contributed by atoms with E-state index in [-0.39, 0.29) is 0 Å². The molecule has 1 atom stereocenters. The van der Waals surface area contributed by atoms with Crippen LogP contribution in [0.3, 0.4) is 0 Å². The molecule has 5 rings (SSSR count). The van der Waals surface area contributed by atoms with E-state index in [4.69, 9.17) is 4.98 Å². The zero-order chi connectivity index (χ0) is 16.1. The van der Waals surface area contributed by atoms with E-state index in [1.807, 2.05) is 0 Å². The third kappa shape index (κ3) is 2.27. The minimum absolute atomic E-state index is 0.709. The van der Waals surface area contributed by atoms with Gasteiger partial charge in [-0.3, -0.25) is 4.90 Å². The second kappa shape index (κ2) is 5.45. The smallest absolute Gasteiger partial charge is 0.111 e. The molecule has 0 N–H and O–H groups in total. The average molecular weight is 317 g/mol. The fraction of sp³-hybridized carbons (Fsp3) is 0.381. The number of aryl methyl sites for hydroxylation is 1. The third-order valence-corrected chi connectivity index (χ3v) is 5.73. The van der Waals surface area contributed by atoms with Crippen LogP contribution in [0.1, 0.15) is 24.2 Å². The number of nitrogens with zero attached hydrogens (tertiary/aromatic N) is 3. The van der Waals surface area contributed by atoms with Gasteiger partial charge in [0.25, 0.3) is 0 Å². The fourth-order valence-electron chi connectivity index (χ4n) is 4.35. The Morgan fingerprint density at radius 3 is 2.71 bits per heavy atom. The predicted molar refractivity (Wildman–Crippen MR) is 98.2 cm³/mol. The van der Waals surface area contributed by atoms with Crippen molar-refractivity contribution in [1.82, 2.24) is 14.5 Å². The summed E-state index contributed by atoms with van der Waals surface area (Å²) < 4.78 is 2.48. The van der Waals surface area contributed by atoms with Gasteiger partial charge in [0.2, 0.25) is 0 Å². The van der Waals surface area contributed by atoms with Crippen LogP contribution in [-0.2, 0) is 13.0 Å². The zero-order valence-electron chi connectivity index (χ0n) is 14.2. The molecule has 1 unspecified atom stereocenters. The quantitative estimate of drug-likeness (QED) is 0.675. The van der Waals surface area contributed by atoms with Gasteiger partial charge >= 0.3 is 0 Å². The van der Waals surface area contributed by atoms with E-state index in [0.717, 1.165) is 18.5 Å². The van der Waals surface area contributed by atoms with Crippen molar-refractivity contribution in [2.24, 2.45) is 0 Å². The predicted octanol–water partition coefficient (Wildman–Crippen LogP) is 4.03. The van der Waals surface area contributed by atoms with Crippen molar-refractivity contribution in [1.29, 1.82) is 0 Å². The molecule has 3 heteroatoms. The standard InChI is InChI=1S/C21H23N3/c1-15-4-6-16(7-5-15)17-8-9-20-19(13-17)22-21-10-12-23-11-2-3-18(23)14-24(20)21/h4-9,13,18H,2-3,10-12,14H2,1H3. The fourth-order valence-corrected chi connectivity index (χ4v) is 4.35. The van der Waals surface area contributed by atoms with E-state index in [1.54, 1.807) is 0 Å². The highest BCUT2D eigenvalue weighted by atomic mass is 15.2. The van der Waals surface area contributed by atoms with Crippen LogP contribution in [0.15, 0.2) is 42.5 Å². The Bertz CT molecular complexity index is 891. The molecule has 2 aliphatic heterocycles. The molecule has 1 saturated heterocycles. The molecule has 0 bridgehead atoms. The summed E-state index contributed by atoms with van der Waals surface area (Å²) in [7, 11) is 0. The molecule has 0 spiro atoms. The lowest BCUT2D eigenvalue weighted by atomic mass is 10.0. The number of imidazole rings is 1. The number of benzene rings is 2. The molecule has 24 heavy (non-hydrogen) atoms. The summed E-state index contributed by atoms with van der Waals surface area (Å²) in [4.78, 5) is 7.63. The number of aromatic nitrogens is 2. The van der Waals surface area contributed by atoms with Gasteiger partial charge in [-0.25, -0.2) is 4.98 Å². The first kappa shape index (κ1) is 14.2. The van der Waals surface area contributed by atoms with Gasteiger partial charge in [0.15, 0.2) is 0 Å². The van der Waals surface area contributed by atoms with Crippen molar-refractivity contribution in [2.75, 3.05) is 13.1 Å². The Balaban J connectivity index is 1.57. The maximum Gasteiger partial charge on any atom is 0.111 e. The minimum Gasteiger partial charge on any atom is -0.326 e. The first-order valence-electron chi connectivity index (χ1n) is 9.08. The topological polar surface area (TPSA) is 21.1 Å². The van der Waals surface area contributed by atoms with E-state index in [1.165, 1.54) is 54.0 Å². The Labute approximate surface area is 142 Å². The average Bonchev–Trinajstić information content (AvgIpc) is 3.14.